The van der Waals surface area contributed by atoms with E-state index in [1.807, 2.05) is 0 Å². The highest BCUT2D eigenvalue weighted by molar-refractivity contribution is 5.56. The highest BCUT2D eigenvalue weighted by Gasteiger charge is 2.16. The van der Waals surface area contributed by atoms with Gasteiger partial charge >= 0.3 is 0 Å². The minimum Gasteiger partial charge on any atom is -0.384 e. The van der Waals surface area contributed by atoms with E-state index in [1.54, 1.807) is 25.1 Å². The van der Waals surface area contributed by atoms with Crippen LogP contribution in [0.3, 0.4) is 0 Å². The van der Waals surface area contributed by atoms with Crippen LogP contribution < -0.4 is 5.73 Å². The predicted octanol–water partition coefficient (Wildman–Crippen LogP) is 1.67. The Morgan fingerprint density at radius 3 is 2.75 bits per heavy atom. The summed E-state index contributed by atoms with van der Waals surface area (Å²) in [5, 5.41) is 14.9. The molecule has 0 aliphatic rings. The zero-order valence-corrected chi connectivity index (χ0v) is 8.62. The summed E-state index contributed by atoms with van der Waals surface area (Å²) in [5.41, 5.74) is 6.85. The number of rotatable bonds is 2. The molecule has 0 spiro atoms. The quantitative estimate of drug-likeness (QED) is 0.613. The maximum Gasteiger partial charge on any atom is 0.295 e. The molecule has 0 radical (unpaired) electrons. The molecule has 0 saturated carbocycles. The largest absolute Gasteiger partial charge is 0.384 e. The van der Waals surface area contributed by atoms with Crippen molar-refractivity contribution >= 4 is 11.5 Å². The second-order valence-corrected chi connectivity index (χ2v) is 3.42. The Kier molecular flexibility index (Phi) is 2.32. The van der Waals surface area contributed by atoms with Crippen LogP contribution in [0.5, 0.6) is 0 Å². The van der Waals surface area contributed by atoms with Crippen molar-refractivity contribution in [3.8, 4) is 5.69 Å². The van der Waals surface area contributed by atoms with Gasteiger partial charge in [0.2, 0.25) is 0 Å². The van der Waals surface area contributed by atoms with Crippen molar-refractivity contribution < 1.29 is 4.92 Å². The van der Waals surface area contributed by atoms with Crippen molar-refractivity contribution in [3.05, 3.63) is 46.1 Å². The smallest absolute Gasteiger partial charge is 0.295 e. The molecular formula is C10H10N4O2. The van der Waals surface area contributed by atoms with Gasteiger partial charge in [-0.1, -0.05) is 6.07 Å². The first-order valence-electron chi connectivity index (χ1n) is 4.64. The van der Waals surface area contributed by atoms with Crippen molar-refractivity contribution in [1.29, 1.82) is 0 Å². The monoisotopic (exact) mass is 218 g/mol. The molecule has 2 rings (SSSR count). The summed E-state index contributed by atoms with van der Waals surface area (Å²) in [4.78, 5) is 10.5. The standard InChI is InChI=1S/C10H10N4O2/c1-7-2-3-8(9(6-7)14(15)16)13-10(11)4-5-12-13/h2-6H,11H2,1H3. The summed E-state index contributed by atoms with van der Waals surface area (Å²) in [7, 11) is 0. The molecule has 0 aliphatic carbocycles. The Labute approximate surface area is 91.5 Å². The molecule has 1 aromatic carbocycles. The molecule has 2 aromatic rings. The number of nitro groups is 1. The summed E-state index contributed by atoms with van der Waals surface area (Å²) >= 11 is 0. The van der Waals surface area contributed by atoms with E-state index >= 15 is 0 Å². The van der Waals surface area contributed by atoms with E-state index in [4.69, 9.17) is 5.73 Å². The van der Waals surface area contributed by atoms with Crippen LogP contribution in [0.15, 0.2) is 30.5 Å². The third-order valence-corrected chi connectivity index (χ3v) is 2.23. The van der Waals surface area contributed by atoms with Crippen molar-refractivity contribution in [1.82, 2.24) is 9.78 Å². The van der Waals surface area contributed by atoms with E-state index < -0.39 is 4.92 Å². The first kappa shape index (κ1) is 10.2. The first-order valence-corrected chi connectivity index (χ1v) is 4.64. The minimum absolute atomic E-state index is 0.00426. The van der Waals surface area contributed by atoms with E-state index in [2.05, 4.69) is 5.10 Å². The third-order valence-electron chi connectivity index (χ3n) is 2.23. The Morgan fingerprint density at radius 1 is 1.44 bits per heavy atom. The van der Waals surface area contributed by atoms with Gasteiger partial charge in [0, 0.05) is 12.1 Å². The van der Waals surface area contributed by atoms with Gasteiger partial charge in [-0.3, -0.25) is 10.1 Å². The molecule has 6 nitrogen and oxygen atoms in total. The lowest BCUT2D eigenvalue weighted by atomic mass is 10.2. The maximum absolute atomic E-state index is 10.9. The molecule has 1 heterocycles. The number of nitro benzene ring substituents is 1. The Morgan fingerprint density at radius 2 is 2.19 bits per heavy atom. The Bertz CT molecular complexity index is 548. The van der Waals surface area contributed by atoms with Crippen LogP contribution in [0.4, 0.5) is 11.5 Å². The van der Waals surface area contributed by atoms with Crippen molar-refractivity contribution in [2.24, 2.45) is 0 Å². The summed E-state index contributed by atoms with van der Waals surface area (Å²) in [6.45, 7) is 1.79. The molecule has 1 aromatic heterocycles. The first-order chi connectivity index (χ1) is 7.59. The molecule has 2 N–H and O–H groups in total. The molecule has 0 aliphatic heterocycles. The van der Waals surface area contributed by atoms with Gasteiger partial charge in [0.15, 0.2) is 0 Å². The number of benzene rings is 1. The second-order valence-electron chi connectivity index (χ2n) is 3.42. The number of anilines is 1. The van der Waals surface area contributed by atoms with Crippen LogP contribution in [0, 0.1) is 17.0 Å². The van der Waals surface area contributed by atoms with Crippen molar-refractivity contribution in [2.75, 3.05) is 5.73 Å². The van der Waals surface area contributed by atoms with Gasteiger partial charge in [-0.15, -0.1) is 0 Å². The Balaban J connectivity index is 2.65. The SMILES string of the molecule is Cc1ccc(-n2nccc2N)c([N+](=O)[O-])c1. The third kappa shape index (κ3) is 1.60. The van der Waals surface area contributed by atoms with E-state index in [0.29, 0.717) is 11.5 Å². The highest BCUT2D eigenvalue weighted by atomic mass is 16.6. The fraction of sp³-hybridized carbons (Fsp3) is 0.100. The molecule has 0 fully saturated rings. The number of aryl methyl sites for hydroxylation is 1. The number of nitrogen functional groups attached to an aromatic ring is 1. The normalized spacial score (nSPS) is 10.3. The molecule has 0 amide bonds. The van der Waals surface area contributed by atoms with Gasteiger partial charge < -0.3 is 5.73 Å². The van der Waals surface area contributed by atoms with Gasteiger partial charge in [-0.2, -0.15) is 5.10 Å². The molecule has 0 atom stereocenters. The zero-order chi connectivity index (χ0) is 11.7. The second kappa shape index (κ2) is 3.65. The van der Waals surface area contributed by atoms with Crippen LogP contribution in [-0.2, 0) is 0 Å². The van der Waals surface area contributed by atoms with Gasteiger partial charge in [0.25, 0.3) is 5.69 Å². The lowest BCUT2D eigenvalue weighted by Crippen LogP contribution is -2.05. The molecule has 82 valence electrons. The van der Waals surface area contributed by atoms with Crippen LogP contribution >= 0.6 is 0 Å². The van der Waals surface area contributed by atoms with E-state index in [9.17, 15) is 10.1 Å². The van der Waals surface area contributed by atoms with Gasteiger partial charge in [-0.25, -0.2) is 4.68 Å². The number of nitrogens with zero attached hydrogens (tertiary/aromatic N) is 3. The van der Waals surface area contributed by atoms with Crippen molar-refractivity contribution in [2.45, 2.75) is 6.92 Å². The van der Waals surface area contributed by atoms with Gasteiger partial charge in [0.05, 0.1) is 11.1 Å². The maximum atomic E-state index is 10.9. The number of hydrogen-bond donors (Lipinski definition) is 1. The molecule has 16 heavy (non-hydrogen) atoms. The number of nitrogens with two attached hydrogens (primary N) is 1. The van der Waals surface area contributed by atoms with Crippen LogP contribution in [-0.4, -0.2) is 14.7 Å². The average Bonchev–Trinajstić information content (AvgIpc) is 2.64. The van der Waals surface area contributed by atoms with Crippen molar-refractivity contribution in [3.63, 3.8) is 0 Å². The highest BCUT2D eigenvalue weighted by Crippen LogP contribution is 2.25. The lowest BCUT2D eigenvalue weighted by molar-refractivity contribution is -0.384. The average molecular weight is 218 g/mol. The summed E-state index contributed by atoms with van der Waals surface area (Å²) in [5.74, 6) is 0.368. The zero-order valence-electron chi connectivity index (χ0n) is 8.62. The summed E-state index contributed by atoms with van der Waals surface area (Å²) in [6, 6.07) is 6.50. The minimum atomic E-state index is -0.441. The summed E-state index contributed by atoms with van der Waals surface area (Å²) < 4.78 is 1.34. The van der Waals surface area contributed by atoms with Crippen LogP contribution in [0.25, 0.3) is 5.69 Å². The Hall–Kier alpha value is -2.37. The topological polar surface area (TPSA) is 87.0 Å². The molecule has 0 saturated heterocycles. The van der Waals surface area contributed by atoms with Gasteiger partial charge in [-0.05, 0) is 18.6 Å². The fourth-order valence-electron chi connectivity index (χ4n) is 1.47. The fourth-order valence-corrected chi connectivity index (χ4v) is 1.47. The number of hydrogen-bond acceptors (Lipinski definition) is 4. The molecular weight excluding hydrogens is 208 g/mol. The van der Waals surface area contributed by atoms with E-state index in [-0.39, 0.29) is 5.69 Å². The molecule has 6 heteroatoms. The van der Waals surface area contributed by atoms with E-state index in [0.717, 1.165) is 5.56 Å². The summed E-state index contributed by atoms with van der Waals surface area (Å²) in [6.07, 6.45) is 1.50. The van der Waals surface area contributed by atoms with E-state index in [1.165, 1.54) is 16.9 Å². The molecule has 0 unspecified atom stereocenters. The molecule has 0 bridgehead atoms. The number of aromatic nitrogens is 2. The lowest BCUT2D eigenvalue weighted by Gasteiger charge is -2.05. The van der Waals surface area contributed by atoms with Crippen LogP contribution in [0.1, 0.15) is 5.56 Å². The predicted molar refractivity (Wildman–Crippen MR) is 59.4 cm³/mol. The van der Waals surface area contributed by atoms with Gasteiger partial charge in [0.1, 0.15) is 11.5 Å². The van der Waals surface area contributed by atoms with Crippen LogP contribution in [0.2, 0.25) is 0 Å².